The zero-order valence-electron chi connectivity index (χ0n) is 17.1. The predicted molar refractivity (Wildman–Crippen MR) is 106 cm³/mol. The molecule has 0 atom stereocenters. The highest BCUT2D eigenvalue weighted by atomic mass is 19.4. The minimum absolute atomic E-state index is 0.0672. The van der Waals surface area contributed by atoms with Gasteiger partial charge >= 0.3 is 12.4 Å². The summed E-state index contributed by atoms with van der Waals surface area (Å²) in [5, 5.41) is 16.5. The highest BCUT2D eigenvalue weighted by molar-refractivity contribution is 5.90. The van der Waals surface area contributed by atoms with Crippen LogP contribution in [0.4, 0.5) is 32.2 Å². The molecule has 0 fully saturated rings. The first-order valence-electron chi connectivity index (χ1n) is 9.65. The molecular weight excluding hydrogens is 454 g/mol. The third-order valence-corrected chi connectivity index (χ3v) is 4.78. The first kappa shape index (κ1) is 24.2. The highest BCUT2D eigenvalue weighted by Crippen LogP contribution is 2.50. The normalized spacial score (nSPS) is 12.6. The van der Waals surface area contributed by atoms with Gasteiger partial charge in [0.15, 0.2) is 0 Å². The summed E-state index contributed by atoms with van der Waals surface area (Å²) >= 11 is 0. The van der Waals surface area contributed by atoms with Crippen LogP contribution >= 0.6 is 0 Å². The molecule has 12 heteroatoms. The average molecular weight is 472 g/mol. The Morgan fingerprint density at radius 3 is 2.09 bits per heavy atom. The van der Waals surface area contributed by atoms with E-state index in [1.165, 1.54) is 23.1 Å². The van der Waals surface area contributed by atoms with Crippen molar-refractivity contribution in [2.24, 2.45) is 0 Å². The maximum absolute atomic E-state index is 13.1. The number of halogens is 6. The molecule has 0 unspecified atom stereocenters. The molecule has 0 saturated heterocycles. The van der Waals surface area contributed by atoms with Crippen molar-refractivity contribution in [3.8, 4) is 16.9 Å². The fraction of sp³-hybridized carbons (Fsp3) is 0.286. The Morgan fingerprint density at radius 2 is 1.58 bits per heavy atom. The Morgan fingerprint density at radius 1 is 1.00 bits per heavy atom. The Labute approximate surface area is 183 Å². The summed E-state index contributed by atoms with van der Waals surface area (Å²) in [5.74, 6) is -0.185. The van der Waals surface area contributed by atoms with E-state index in [9.17, 15) is 36.2 Å². The van der Waals surface area contributed by atoms with E-state index in [0.717, 1.165) is 12.1 Å². The molecule has 1 amide bonds. The minimum Gasteiger partial charge on any atom is -0.369 e. The minimum atomic E-state index is -5.99. The molecule has 3 rings (SSSR count). The van der Waals surface area contributed by atoms with Crippen molar-refractivity contribution in [1.29, 1.82) is 0 Å². The molecule has 0 saturated carbocycles. The van der Waals surface area contributed by atoms with Crippen LogP contribution in [0.2, 0.25) is 0 Å². The van der Waals surface area contributed by atoms with E-state index < -0.39 is 23.5 Å². The zero-order chi connectivity index (χ0) is 24.4. The molecule has 176 valence electrons. The van der Waals surface area contributed by atoms with Crippen LogP contribution in [0.25, 0.3) is 16.9 Å². The SMILES string of the molecule is CCCC(=O)Nc1cc(-c2ccncc2)nn1-c1ccc(C(O)(C(F)(F)F)C(F)(F)F)cc1. The maximum Gasteiger partial charge on any atom is 0.430 e. The second-order valence-corrected chi connectivity index (χ2v) is 7.11. The number of pyridine rings is 1. The summed E-state index contributed by atoms with van der Waals surface area (Å²) in [6, 6.07) is 7.70. The quantitative estimate of drug-likeness (QED) is 0.496. The van der Waals surface area contributed by atoms with Gasteiger partial charge in [0.2, 0.25) is 5.91 Å². The lowest BCUT2D eigenvalue weighted by atomic mass is 9.92. The monoisotopic (exact) mass is 472 g/mol. The number of amides is 1. The van der Waals surface area contributed by atoms with Crippen LogP contribution < -0.4 is 5.32 Å². The maximum atomic E-state index is 13.1. The molecular formula is C21H18F6N4O2. The first-order chi connectivity index (χ1) is 15.4. The predicted octanol–water partition coefficient (Wildman–Crippen LogP) is 4.99. The van der Waals surface area contributed by atoms with E-state index in [1.54, 1.807) is 19.1 Å². The summed E-state index contributed by atoms with van der Waals surface area (Å²) in [4.78, 5) is 16.0. The summed E-state index contributed by atoms with van der Waals surface area (Å²) in [6.45, 7) is 1.79. The molecule has 6 nitrogen and oxygen atoms in total. The van der Waals surface area contributed by atoms with Crippen LogP contribution in [0.1, 0.15) is 25.3 Å². The van der Waals surface area contributed by atoms with Gasteiger partial charge in [0.25, 0.3) is 5.60 Å². The van der Waals surface area contributed by atoms with Gasteiger partial charge in [0, 0.05) is 36.0 Å². The smallest absolute Gasteiger partial charge is 0.369 e. The molecule has 2 N–H and O–H groups in total. The fourth-order valence-corrected chi connectivity index (χ4v) is 3.09. The number of rotatable bonds is 6. The lowest BCUT2D eigenvalue weighted by molar-refractivity contribution is -0.376. The molecule has 0 aliphatic carbocycles. The van der Waals surface area contributed by atoms with E-state index in [1.807, 2.05) is 0 Å². The Hall–Kier alpha value is -3.41. The summed E-state index contributed by atoms with van der Waals surface area (Å²) in [6.07, 6.45) is -8.22. The van der Waals surface area contributed by atoms with Gasteiger partial charge in [-0.2, -0.15) is 31.4 Å². The van der Waals surface area contributed by atoms with E-state index >= 15 is 0 Å². The number of hydrogen-bond donors (Lipinski definition) is 2. The van der Waals surface area contributed by atoms with E-state index in [0.29, 0.717) is 29.8 Å². The summed E-state index contributed by atoms with van der Waals surface area (Å²) in [5.41, 5.74) is -5.37. The number of carbonyl (C=O) groups excluding carboxylic acids is 1. The lowest BCUT2D eigenvalue weighted by Gasteiger charge is -2.32. The number of nitrogens with one attached hydrogen (secondary N) is 1. The van der Waals surface area contributed by atoms with Crippen LogP contribution in [-0.4, -0.2) is 38.1 Å². The van der Waals surface area contributed by atoms with Crippen molar-refractivity contribution in [3.05, 3.63) is 60.4 Å². The number of carbonyl (C=O) groups is 1. The van der Waals surface area contributed by atoms with Crippen LogP contribution in [-0.2, 0) is 10.4 Å². The molecule has 0 spiro atoms. The Kier molecular flexibility index (Phi) is 6.50. The second-order valence-electron chi connectivity index (χ2n) is 7.11. The van der Waals surface area contributed by atoms with Crippen molar-refractivity contribution < 1.29 is 36.2 Å². The molecule has 1 aromatic carbocycles. The largest absolute Gasteiger partial charge is 0.430 e. The van der Waals surface area contributed by atoms with Gasteiger partial charge in [-0.15, -0.1) is 0 Å². The van der Waals surface area contributed by atoms with Gasteiger partial charge in [0.1, 0.15) is 5.82 Å². The number of aromatic nitrogens is 3. The first-order valence-corrected chi connectivity index (χ1v) is 9.65. The zero-order valence-corrected chi connectivity index (χ0v) is 17.1. The van der Waals surface area contributed by atoms with Crippen LogP contribution in [0.15, 0.2) is 54.9 Å². The van der Waals surface area contributed by atoms with Crippen molar-refractivity contribution in [2.75, 3.05) is 5.32 Å². The lowest BCUT2D eigenvalue weighted by Crippen LogP contribution is -2.53. The third-order valence-electron chi connectivity index (χ3n) is 4.78. The second kappa shape index (κ2) is 8.85. The number of anilines is 1. The Bertz CT molecular complexity index is 1090. The topological polar surface area (TPSA) is 80.0 Å². The highest BCUT2D eigenvalue weighted by Gasteiger charge is 2.71. The summed E-state index contributed by atoms with van der Waals surface area (Å²) < 4.78 is 80.0. The molecule has 0 aliphatic rings. The summed E-state index contributed by atoms with van der Waals surface area (Å²) in [7, 11) is 0. The van der Waals surface area contributed by atoms with Gasteiger partial charge in [-0.25, -0.2) is 4.68 Å². The molecule has 0 bridgehead atoms. The number of alkyl halides is 6. The van der Waals surface area contributed by atoms with Gasteiger partial charge in [0.05, 0.1) is 11.4 Å². The van der Waals surface area contributed by atoms with Crippen LogP contribution in [0.5, 0.6) is 0 Å². The van der Waals surface area contributed by atoms with Gasteiger partial charge in [-0.1, -0.05) is 19.1 Å². The van der Waals surface area contributed by atoms with Gasteiger partial charge in [-0.05, 0) is 30.7 Å². The molecule has 2 aromatic heterocycles. The number of hydrogen-bond acceptors (Lipinski definition) is 4. The van der Waals surface area contributed by atoms with Crippen molar-refractivity contribution in [1.82, 2.24) is 14.8 Å². The standard InChI is InChI=1S/C21H18F6N4O2/c1-2-3-18(32)29-17-12-16(13-8-10-28-11-9-13)30-31(17)15-6-4-14(5-7-15)19(33,20(22,23)24)21(25,26)27/h4-12,33H,2-3H2,1H3,(H,29,32). The van der Waals surface area contributed by atoms with Crippen molar-refractivity contribution in [3.63, 3.8) is 0 Å². The third kappa shape index (κ3) is 4.70. The molecule has 3 aromatic rings. The van der Waals surface area contributed by atoms with E-state index in [-0.39, 0.29) is 23.8 Å². The van der Waals surface area contributed by atoms with E-state index in [2.05, 4.69) is 15.4 Å². The molecule has 2 heterocycles. The van der Waals surface area contributed by atoms with Gasteiger partial charge < -0.3 is 10.4 Å². The number of aliphatic hydroxyl groups is 1. The van der Waals surface area contributed by atoms with Crippen molar-refractivity contribution in [2.45, 2.75) is 37.7 Å². The van der Waals surface area contributed by atoms with Crippen molar-refractivity contribution >= 4 is 11.7 Å². The number of benzene rings is 1. The molecule has 0 radical (unpaired) electrons. The average Bonchev–Trinajstić information content (AvgIpc) is 3.16. The van der Waals surface area contributed by atoms with Gasteiger partial charge in [-0.3, -0.25) is 9.78 Å². The number of nitrogens with zero attached hydrogens (tertiary/aromatic N) is 3. The van der Waals surface area contributed by atoms with E-state index in [4.69, 9.17) is 0 Å². The van der Waals surface area contributed by atoms with Crippen LogP contribution in [0, 0.1) is 0 Å². The molecule has 33 heavy (non-hydrogen) atoms. The molecule has 0 aliphatic heterocycles. The Balaban J connectivity index is 2.06. The van der Waals surface area contributed by atoms with Crippen LogP contribution in [0.3, 0.4) is 0 Å². The fourth-order valence-electron chi connectivity index (χ4n) is 3.09.